The Morgan fingerprint density at radius 2 is 1.92 bits per heavy atom. The number of fused-ring (bicyclic) bond motifs is 1. The van der Waals surface area contributed by atoms with Crippen LogP contribution in [0.3, 0.4) is 0 Å². The molecule has 2 N–H and O–H groups in total. The molecule has 2 aliphatic rings. The molecule has 0 bridgehead atoms. The first kappa shape index (κ1) is 15.6. The molecule has 1 aromatic carbocycles. The van der Waals surface area contributed by atoms with E-state index in [2.05, 4.69) is 9.98 Å². The van der Waals surface area contributed by atoms with Crippen LogP contribution in [0.2, 0.25) is 0 Å². The Balaban J connectivity index is 1.84. The van der Waals surface area contributed by atoms with Crippen LogP contribution in [0.15, 0.2) is 38.8 Å². The number of aliphatic imine (C=N–C) groups is 1. The first-order chi connectivity index (χ1) is 12.1. The van der Waals surface area contributed by atoms with E-state index in [1.54, 1.807) is 12.3 Å². The molecule has 6 nitrogen and oxygen atoms in total. The molecular weight excluding hydrogens is 318 g/mol. The molecule has 1 saturated carbocycles. The number of aromatic nitrogens is 2. The molecule has 1 aliphatic heterocycles. The second kappa shape index (κ2) is 6.20. The smallest absolute Gasteiger partial charge is 0.331 e. The standard InChI is InChI=1S/C19H19N3O3/c23-17-15(10-12-11-20-16-9-5-4-8-14(12)16)18(24)22(19(25)21-17)13-6-2-1-3-7-13/h4-5,8-11,13,24H,1-3,6-7H2,(H,21,23,25)/b12-10-. The minimum Gasteiger partial charge on any atom is -0.494 e. The highest BCUT2D eigenvalue weighted by atomic mass is 16.3. The summed E-state index contributed by atoms with van der Waals surface area (Å²) in [5, 5.41) is 10.7. The summed E-state index contributed by atoms with van der Waals surface area (Å²) in [6, 6.07) is 7.52. The summed E-state index contributed by atoms with van der Waals surface area (Å²) in [5.74, 6) is -0.258. The lowest BCUT2D eigenvalue weighted by atomic mass is 9.95. The van der Waals surface area contributed by atoms with Crippen molar-refractivity contribution in [3.05, 3.63) is 56.2 Å². The summed E-state index contributed by atoms with van der Waals surface area (Å²) in [5.41, 5.74) is 1.44. The number of hydrogen-bond acceptors (Lipinski definition) is 4. The second-order valence-electron chi connectivity index (χ2n) is 6.53. The van der Waals surface area contributed by atoms with E-state index in [9.17, 15) is 14.7 Å². The van der Waals surface area contributed by atoms with Crippen molar-refractivity contribution in [2.45, 2.75) is 38.1 Å². The van der Waals surface area contributed by atoms with Crippen molar-refractivity contribution in [1.82, 2.24) is 9.55 Å². The predicted octanol–water partition coefficient (Wildman–Crippen LogP) is 3.00. The maximum absolute atomic E-state index is 12.3. The van der Waals surface area contributed by atoms with Crippen molar-refractivity contribution in [1.29, 1.82) is 0 Å². The van der Waals surface area contributed by atoms with Crippen molar-refractivity contribution in [2.24, 2.45) is 4.99 Å². The van der Waals surface area contributed by atoms with Crippen molar-refractivity contribution >= 4 is 23.6 Å². The molecule has 25 heavy (non-hydrogen) atoms. The van der Waals surface area contributed by atoms with Crippen LogP contribution in [-0.4, -0.2) is 20.9 Å². The average molecular weight is 337 g/mol. The molecule has 6 heteroatoms. The van der Waals surface area contributed by atoms with Gasteiger partial charge in [-0.2, -0.15) is 0 Å². The average Bonchev–Trinajstić information content (AvgIpc) is 3.02. The number of aromatic amines is 1. The van der Waals surface area contributed by atoms with Gasteiger partial charge in [-0.1, -0.05) is 37.5 Å². The van der Waals surface area contributed by atoms with Crippen LogP contribution in [0.1, 0.15) is 49.3 Å². The second-order valence-corrected chi connectivity index (χ2v) is 6.53. The SMILES string of the molecule is O=c1[nH]c(=O)n(C2CCCCC2)c(O)c1/C=C1/C=Nc2ccccc21. The van der Waals surface area contributed by atoms with E-state index in [1.807, 2.05) is 24.3 Å². The Labute approximate surface area is 144 Å². The fourth-order valence-corrected chi connectivity index (χ4v) is 3.67. The fourth-order valence-electron chi connectivity index (χ4n) is 3.67. The zero-order valence-electron chi connectivity index (χ0n) is 13.7. The Bertz CT molecular complexity index is 992. The van der Waals surface area contributed by atoms with Gasteiger partial charge >= 0.3 is 5.69 Å². The molecule has 2 aromatic rings. The Kier molecular flexibility index (Phi) is 3.87. The van der Waals surface area contributed by atoms with Gasteiger partial charge in [0.15, 0.2) is 0 Å². The monoisotopic (exact) mass is 337 g/mol. The van der Waals surface area contributed by atoms with Gasteiger partial charge in [0.25, 0.3) is 5.56 Å². The van der Waals surface area contributed by atoms with Crippen molar-refractivity contribution in [3.8, 4) is 5.88 Å². The van der Waals surface area contributed by atoms with Gasteiger partial charge < -0.3 is 5.11 Å². The number of H-pyrrole nitrogens is 1. The molecule has 0 radical (unpaired) electrons. The molecule has 0 atom stereocenters. The Morgan fingerprint density at radius 1 is 1.16 bits per heavy atom. The van der Waals surface area contributed by atoms with Gasteiger partial charge in [-0.3, -0.25) is 19.3 Å². The lowest BCUT2D eigenvalue weighted by molar-refractivity contribution is 0.298. The summed E-state index contributed by atoms with van der Waals surface area (Å²) < 4.78 is 1.34. The molecule has 1 aliphatic carbocycles. The third kappa shape index (κ3) is 2.73. The number of aromatic hydroxyl groups is 1. The van der Waals surface area contributed by atoms with Crippen molar-refractivity contribution in [3.63, 3.8) is 0 Å². The highest BCUT2D eigenvalue weighted by molar-refractivity contribution is 6.21. The van der Waals surface area contributed by atoms with E-state index in [4.69, 9.17) is 0 Å². The maximum Gasteiger partial charge on any atom is 0.331 e. The molecule has 0 amide bonds. The van der Waals surface area contributed by atoms with Crippen LogP contribution in [0.4, 0.5) is 5.69 Å². The Hall–Kier alpha value is -2.89. The Morgan fingerprint density at radius 3 is 2.72 bits per heavy atom. The zero-order chi connectivity index (χ0) is 17.4. The van der Waals surface area contributed by atoms with E-state index >= 15 is 0 Å². The first-order valence-electron chi connectivity index (χ1n) is 8.58. The number of nitrogens with one attached hydrogen (secondary N) is 1. The topological polar surface area (TPSA) is 87.5 Å². The lowest BCUT2D eigenvalue weighted by Gasteiger charge is -2.24. The van der Waals surface area contributed by atoms with Gasteiger partial charge in [-0.15, -0.1) is 0 Å². The highest BCUT2D eigenvalue weighted by Gasteiger charge is 2.23. The number of allylic oxidation sites excluding steroid dienone is 1. The minimum atomic E-state index is -0.583. The number of rotatable bonds is 2. The largest absolute Gasteiger partial charge is 0.494 e. The van der Waals surface area contributed by atoms with Crippen LogP contribution in [0.5, 0.6) is 5.88 Å². The summed E-state index contributed by atoms with van der Waals surface area (Å²) in [6.45, 7) is 0. The van der Waals surface area contributed by atoms with Gasteiger partial charge in [0.1, 0.15) is 5.56 Å². The van der Waals surface area contributed by atoms with Gasteiger partial charge in [0.2, 0.25) is 5.88 Å². The third-order valence-electron chi connectivity index (χ3n) is 4.95. The predicted molar refractivity (Wildman–Crippen MR) is 97.6 cm³/mol. The molecule has 0 spiro atoms. The van der Waals surface area contributed by atoms with Crippen molar-refractivity contribution < 1.29 is 5.11 Å². The van der Waals surface area contributed by atoms with Crippen LogP contribution in [-0.2, 0) is 0 Å². The summed E-state index contributed by atoms with van der Waals surface area (Å²) >= 11 is 0. The normalized spacial score (nSPS) is 18.6. The summed E-state index contributed by atoms with van der Waals surface area (Å²) in [6.07, 6.45) is 8.11. The molecule has 1 fully saturated rings. The highest BCUT2D eigenvalue weighted by Crippen LogP contribution is 2.34. The third-order valence-corrected chi connectivity index (χ3v) is 4.95. The molecule has 0 unspecified atom stereocenters. The van der Waals surface area contributed by atoms with E-state index < -0.39 is 11.2 Å². The van der Waals surface area contributed by atoms with Gasteiger partial charge in [0, 0.05) is 23.4 Å². The lowest BCUT2D eigenvalue weighted by Crippen LogP contribution is -2.34. The molecule has 1 aromatic heterocycles. The van der Waals surface area contributed by atoms with Crippen LogP contribution in [0, 0.1) is 0 Å². The van der Waals surface area contributed by atoms with Gasteiger partial charge in [0.05, 0.1) is 5.69 Å². The van der Waals surface area contributed by atoms with E-state index in [1.165, 1.54) is 4.57 Å². The molecule has 0 saturated heterocycles. The van der Waals surface area contributed by atoms with E-state index in [0.717, 1.165) is 48.9 Å². The zero-order valence-corrected chi connectivity index (χ0v) is 13.7. The quantitative estimate of drug-likeness (QED) is 0.883. The maximum atomic E-state index is 12.3. The van der Waals surface area contributed by atoms with Crippen LogP contribution in [0.25, 0.3) is 11.6 Å². The molecule has 128 valence electrons. The summed E-state index contributed by atoms with van der Waals surface area (Å²) in [4.78, 5) is 31.2. The number of para-hydroxylation sites is 1. The molecule has 4 rings (SSSR count). The molecule has 2 heterocycles. The van der Waals surface area contributed by atoms with Crippen molar-refractivity contribution in [2.75, 3.05) is 0 Å². The minimum absolute atomic E-state index is 0.0696. The van der Waals surface area contributed by atoms with E-state index in [-0.39, 0.29) is 17.5 Å². The number of nitrogens with zero attached hydrogens (tertiary/aromatic N) is 2. The van der Waals surface area contributed by atoms with Crippen LogP contribution < -0.4 is 11.2 Å². The first-order valence-corrected chi connectivity index (χ1v) is 8.58. The van der Waals surface area contributed by atoms with Gasteiger partial charge in [-0.05, 0) is 25.0 Å². The van der Waals surface area contributed by atoms with E-state index in [0.29, 0.717) is 0 Å². The molecular formula is C19H19N3O3. The van der Waals surface area contributed by atoms with Crippen LogP contribution >= 0.6 is 0 Å². The summed E-state index contributed by atoms with van der Waals surface area (Å²) in [7, 11) is 0. The van der Waals surface area contributed by atoms with Gasteiger partial charge in [-0.25, -0.2) is 4.79 Å². The fraction of sp³-hybridized carbons (Fsp3) is 0.316. The number of benzene rings is 1. The number of hydrogen-bond donors (Lipinski definition) is 2.